The number of aromatic nitrogens is 4. The van der Waals surface area contributed by atoms with Crippen molar-refractivity contribution < 1.29 is 43.3 Å². The molecule has 0 radical (unpaired) electrons. The van der Waals surface area contributed by atoms with Gasteiger partial charge in [0.1, 0.15) is 17.1 Å². The molecular weight excluding hydrogens is 1010 g/mol. The normalized spacial score (nSPS) is 11.6. The minimum Gasteiger partial charge on any atom is -0.508 e. The van der Waals surface area contributed by atoms with E-state index in [1.807, 2.05) is 27.7 Å². The number of anilines is 3. The highest BCUT2D eigenvalue weighted by molar-refractivity contribution is 7.80. The number of aromatic amines is 1. The first-order chi connectivity index (χ1) is 36.7. The Labute approximate surface area is 447 Å². The van der Waals surface area contributed by atoms with E-state index < -0.39 is 22.7 Å². The van der Waals surface area contributed by atoms with Gasteiger partial charge in [0.25, 0.3) is 11.5 Å². The fraction of sp³-hybridized carbons (Fsp3) is 0.333. The van der Waals surface area contributed by atoms with E-state index in [1.54, 1.807) is 48.5 Å². The quantitative estimate of drug-likeness (QED) is 0.0187. The topological polar surface area (TPSA) is 327 Å². The number of aromatic carboxylic acids is 1. The summed E-state index contributed by atoms with van der Waals surface area (Å²) in [5, 5.41) is 39.0. The number of phenolic OH excluding ortho intramolecular Hbond substituents is 1. The SMILES string of the molecule is CC(C)(CCNC(=O)CCCNC(=O)c1ccc(NCc2cnc3nc(N)[nH]c(=O)c3n2)cc1)OCCOC(C)(C)CCC(=O)NCCNC(=S)Nc1ccc(-c2c3ccc(=O)cc-3oc3cc(O)ccc23)c(C(=O)O)c1. The van der Waals surface area contributed by atoms with Crippen molar-refractivity contribution in [2.75, 3.05) is 55.8 Å². The maximum atomic E-state index is 12.7. The van der Waals surface area contributed by atoms with E-state index in [0.717, 1.165) is 5.69 Å². The molecule has 0 spiro atoms. The standard InChI is InChI=1S/C54H61N11O11S/c1-53(2,18-17-44(69)57-22-23-59-52(77)63-33-11-14-37(40(26-33)50(72)73)45-38-15-12-35(66)27-41(38)76-42-28-36(67)13-16-39(42)45)74-24-25-75-54(3,4)19-21-56-43(68)6-5-20-58-48(70)31-7-9-32(10-8-31)60-29-34-30-61-47-46(62-34)49(71)65-51(55)64-47/h7-16,26-28,30,60,66H,5-6,17-25,29H2,1-4H3,(H,56,68)(H,57,69)(H,58,70)(H,72,73)(H2,59,63,77)(H3,55,61,64,65,71). The minimum atomic E-state index is -1.19. The summed E-state index contributed by atoms with van der Waals surface area (Å²) in [6.07, 6.45) is 3.43. The fourth-order valence-electron chi connectivity index (χ4n) is 8.14. The number of thiocarbonyl (C=S) groups is 1. The number of phenols is 1. The fourth-order valence-corrected chi connectivity index (χ4v) is 8.36. The number of hydrogen-bond donors (Lipinski definition) is 10. The number of aromatic hydroxyl groups is 1. The van der Waals surface area contributed by atoms with Gasteiger partial charge in [0, 0.05) is 84.6 Å². The van der Waals surface area contributed by atoms with E-state index in [1.165, 1.54) is 36.5 Å². The van der Waals surface area contributed by atoms with Crippen molar-refractivity contribution in [2.24, 2.45) is 0 Å². The molecule has 0 saturated carbocycles. The van der Waals surface area contributed by atoms with Crippen LogP contribution in [0.25, 0.3) is 44.6 Å². The molecule has 1 aliphatic carbocycles. The van der Waals surface area contributed by atoms with Crippen molar-refractivity contribution in [1.82, 2.24) is 41.2 Å². The minimum absolute atomic E-state index is 0.0362. The van der Waals surface area contributed by atoms with Crippen LogP contribution in [0.15, 0.2) is 99.1 Å². The summed E-state index contributed by atoms with van der Waals surface area (Å²) in [5.74, 6) is -1.61. The Hall–Kier alpha value is -8.54. The van der Waals surface area contributed by atoms with Gasteiger partial charge in [0.15, 0.2) is 21.7 Å². The molecule has 0 fully saturated rings. The van der Waals surface area contributed by atoms with Crippen LogP contribution in [-0.4, -0.2) is 110 Å². The Morgan fingerprint density at radius 1 is 0.766 bits per heavy atom. The first-order valence-corrected chi connectivity index (χ1v) is 25.2. The highest BCUT2D eigenvalue weighted by atomic mass is 32.1. The van der Waals surface area contributed by atoms with E-state index in [4.69, 9.17) is 31.8 Å². The monoisotopic (exact) mass is 1070 g/mol. The average molecular weight is 1070 g/mol. The third-order valence-electron chi connectivity index (χ3n) is 12.2. The number of amides is 3. The lowest BCUT2D eigenvalue weighted by molar-refractivity contribution is -0.123. The molecule has 5 aromatic rings. The number of nitrogens with one attached hydrogen (secondary N) is 7. The third kappa shape index (κ3) is 16.0. The van der Waals surface area contributed by atoms with E-state index in [9.17, 15) is 39.0 Å². The number of carboxylic acids is 1. The molecule has 0 bridgehead atoms. The molecule has 2 aromatic heterocycles. The molecule has 1 aliphatic heterocycles. The highest BCUT2D eigenvalue weighted by Crippen LogP contribution is 2.42. The number of rotatable bonds is 25. The van der Waals surface area contributed by atoms with Gasteiger partial charge in [-0.15, -0.1) is 0 Å². The number of benzene rings is 4. The second-order valence-corrected chi connectivity index (χ2v) is 19.6. The summed E-state index contributed by atoms with van der Waals surface area (Å²) in [6, 6.07) is 20.4. The van der Waals surface area contributed by atoms with Crippen LogP contribution in [0.2, 0.25) is 0 Å². The number of H-pyrrole nitrogens is 1. The van der Waals surface area contributed by atoms with Gasteiger partial charge in [-0.25, -0.2) is 14.8 Å². The Balaban J connectivity index is 0.726. The lowest BCUT2D eigenvalue weighted by Crippen LogP contribution is -2.37. The van der Waals surface area contributed by atoms with Gasteiger partial charge >= 0.3 is 5.97 Å². The van der Waals surface area contributed by atoms with E-state index >= 15 is 0 Å². The van der Waals surface area contributed by atoms with Crippen LogP contribution >= 0.6 is 12.2 Å². The third-order valence-corrected chi connectivity index (χ3v) is 12.5. The summed E-state index contributed by atoms with van der Waals surface area (Å²) in [5.41, 5.74) is 7.66. The number of ether oxygens (including phenoxy) is 2. The zero-order valence-corrected chi connectivity index (χ0v) is 43.8. The Morgan fingerprint density at radius 2 is 1.45 bits per heavy atom. The summed E-state index contributed by atoms with van der Waals surface area (Å²) < 4.78 is 18.0. The Bertz CT molecular complexity index is 3380. The van der Waals surface area contributed by atoms with Gasteiger partial charge in [-0.05, 0) is 125 Å². The Kier molecular flexibility index (Phi) is 18.5. The van der Waals surface area contributed by atoms with Crippen LogP contribution in [0.1, 0.15) is 86.2 Å². The second kappa shape index (κ2) is 25.3. The van der Waals surface area contributed by atoms with Gasteiger partial charge < -0.3 is 61.7 Å². The predicted molar refractivity (Wildman–Crippen MR) is 295 cm³/mol. The molecule has 0 saturated heterocycles. The number of nitrogens with zero attached hydrogens (tertiary/aromatic N) is 3. The van der Waals surface area contributed by atoms with E-state index in [2.05, 4.69) is 51.8 Å². The molecule has 3 heterocycles. The number of fused-ring (bicyclic) bond motifs is 3. The molecule has 0 unspecified atom stereocenters. The number of nitrogen functional groups attached to an aromatic ring is 1. The molecule has 11 N–H and O–H groups in total. The molecule has 3 aromatic carbocycles. The summed E-state index contributed by atoms with van der Waals surface area (Å²) in [7, 11) is 0. The number of carbonyl (C=O) groups excluding carboxylic acids is 3. The van der Waals surface area contributed by atoms with Crippen molar-refractivity contribution in [3.8, 4) is 28.2 Å². The van der Waals surface area contributed by atoms with Gasteiger partial charge in [-0.3, -0.25) is 29.0 Å². The molecule has 7 rings (SSSR count). The number of carbonyl (C=O) groups is 4. The van der Waals surface area contributed by atoms with Crippen LogP contribution in [0.4, 0.5) is 17.3 Å². The lowest BCUT2D eigenvalue weighted by atomic mass is 9.90. The maximum absolute atomic E-state index is 12.7. The van der Waals surface area contributed by atoms with Crippen molar-refractivity contribution in [1.29, 1.82) is 0 Å². The molecule has 2 aliphatic rings. The zero-order chi connectivity index (χ0) is 55.3. The summed E-state index contributed by atoms with van der Waals surface area (Å²) in [4.78, 5) is 89.7. The van der Waals surface area contributed by atoms with Crippen LogP contribution < -0.4 is 48.6 Å². The molecule has 23 heteroatoms. The van der Waals surface area contributed by atoms with Gasteiger partial charge in [-0.1, -0.05) is 6.07 Å². The lowest BCUT2D eigenvalue weighted by Gasteiger charge is -2.28. The second-order valence-electron chi connectivity index (χ2n) is 19.2. The van der Waals surface area contributed by atoms with E-state index in [0.29, 0.717) is 91.1 Å². The molecule has 0 atom stereocenters. The number of hydrogen-bond acceptors (Lipinski definition) is 16. The highest BCUT2D eigenvalue weighted by Gasteiger charge is 2.24. The molecule has 3 amide bonds. The van der Waals surface area contributed by atoms with Crippen LogP contribution in [0, 0.1) is 0 Å². The van der Waals surface area contributed by atoms with Crippen molar-refractivity contribution in [3.05, 3.63) is 122 Å². The van der Waals surface area contributed by atoms with Crippen molar-refractivity contribution in [2.45, 2.75) is 77.5 Å². The maximum Gasteiger partial charge on any atom is 0.336 e. The first-order valence-electron chi connectivity index (χ1n) is 24.8. The predicted octanol–water partition coefficient (Wildman–Crippen LogP) is 5.68. The molecule has 22 nitrogen and oxygen atoms in total. The zero-order valence-electron chi connectivity index (χ0n) is 43.0. The van der Waals surface area contributed by atoms with E-state index in [-0.39, 0.29) is 94.0 Å². The average Bonchev–Trinajstić information content (AvgIpc) is 3.46. The van der Waals surface area contributed by atoms with Gasteiger partial charge in [0.05, 0.1) is 48.4 Å². The van der Waals surface area contributed by atoms with Crippen LogP contribution in [-0.2, 0) is 25.6 Å². The first kappa shape index (κ1) is 56.2. The van der Waals surface area contributed by atoms with Gasteiger partial charge in [0.2, 0.25) is 17.8 Å². The number of carboxylic acid groups (broad SMARTS) is 1. The van der Waals surface area contributed by atoms with Crippen LogP contribution in [0.5, 0.6) is 5.75 Å². The number of nitrogens with two attached hydrogens (primary N) is 1. The largest absolute Gasteiger partial charge is 0.508 e. The van der Waals surface area contributed by atoms with Gasteiger partial charge in [-0.2, -0.15) is 4.98 Å². The summed E-state index contributed by atoms with van der Waals surface area (Å²) >= 11 is 5.45. The molecule has 77 heavy (non-hydrogen) atoms. The van der Waals surface area contributed by atoms with Crippen LogP contribution in [0.3, 0.4) is 0 Å². The van der Waals surface area contributed by atoms with Crippen molar-refractivity contribution in [3.63, 3.8) is 0 Å². The molecule has 404 valence electrons. The van der Waals surface area contributed by atoms with Crippen molar-refractivity contribution >= 4 is 80.5 Å². The Morgan fingerprint density at radius 3 is 2.21 bits per heavy atom. The smallest absolute Gasteiger partial charge is 0.336 e. The summed E-state index contributed by atoms with van der Waals surface area (Å²) in [6.45, 7) is 9.85. The molecular formula is C54H61N11O11S.